The SMILES string of the molecule is CCc1cc(NN)nc(-c2ccc(F)cc2)n1. The second-order valence-corrected chi connectivity index (χ2v) is 3.57. The maximum Gasteiger partial charge on any atom is 0.161 e. The second kappa shape index (κ2) is 4.88. The number of hydrogen-bond donors (Lipinski definition) is 2. The zero-order valence-electron chi connectivity index (χ0n) is 9.44. The van der Waals surface area contributed by atoms with E-state index >= 15 is 0 Å². The predicted octanol–water partition coefficient (Wildman–Crippen LogP) is 2.13. The summed E-state index contributed by atoms with van der Waals surface area (Å²) in [6.45, 7) is 2.00. The molecule has 4 nitrogen and oxygen atoms in total. The van der Waals surface area contributed by atoms with Crippen LogP contribution in [0.4, 0.5) is 10.2 Å². The first kappa shape index (κ1) is 11.5. The Morgan fingerprint density at radius 1 is 1.24 bits per heavy atom. The van der Waals surface area contributed by atoms with E-state index in [9.17, 15) is 4.39 Å². The summed E-state index contributed by atoms with van der Waals surface area (Å²) in [5.74, 6) is 6.16. The fourth-order valence-corrected chi connectivity index (χ4v) is 1.48. The Bertz CT molecular complexity index is 488. The second-order valence-electron chi connectivity index (χ2n) is 3.57. The third kappa shape index (κ3) is 2.57. The van der Waals surface area contributed by atoms with Crippen molar-refractivity contribution in [3.8, 4) is 11.4 Å². The lowest BCUT2D eigenvalue weighted by atomic mass is 10.2. The summed E-state index contributed by atoms with van der Waals surface area (Å²) < 4.78 is 12.8. The molecule has 2 aromatic rings. The smallest absolute Gasteiger partial charge is 0.161 e. The highest BCUT2D eigenvalue weighted by Gasteiger charge is 2.05. The molecule has 0 bridgehead atoms. The molecule has 0 radical (unpaired) electrons. The standard InChI is InChI=1S/C12H13FN4/c1-2-10-7-11(17-14)16-12(15-10)8-3-5-9(13)6-4-8/h3-7H,2,14H2,1H3,(H,15,16,17). The van der Waals surface area contributed by atoms with E-state index in [4.69, 9.17) is 5.84 Å². The monoisotopic (exact) mass is 232 g/mol. The Kier molecular flexibility index (Phi) is 3.30. The van der Waals surface area contributed by atoms with Gasteiger partial charge in [-0.3, -0.25) is 0 Å². The van der Waals surface area contributed by atoms with E-state index in [0.29, 0.717) is 11.6 Å². The quantitative estimate of drug-likeness (QED) is 0.628. The highest BCUT2D eigenvalue weighted by atomic mass is 19.1. The topological polar surface area (TPSA) is 63.8 Å². The van der Waals surface area contributed by atoms with Gasteiger partial charge in [0, 0.05) is 17.3 Å². The van der Waals surface area contributed by atoms with Gasteiger partial charge in [0.25, 0.3) is 0 Å². The van der Waals surface area contributed by atoms with Crippen LogP contribution in [-0.4, -0.2) is 9.97 Å². The van der Waals surface area contributed by atoms with Crippen LogP contribution in [0.1, 0.15) is 12.6 Å². The summed E-state index contributed by atoms with van der Waals surface area (Å²) in [5.41, 5.74) is 4.14. The normalized spacial score (nSPS) is 10.3. The van der Waals surface area contributed by atoms with Crippen LogP contribution >= 0.6 is 0 Å². The van der Waals surface area contributed by atoms with Gasteiger partial charge in [0.05, 0.1) is 0 Å². The first-order valence-electron chi connectivity index (χ1n) is 5.33. The van der Waals surface area contributed by atoms with Gasteiger partial charge in [-0.1, -0.05) is 6.92 Å². The van der Waals surface area contributed by atoms with Gasteiger partial charge >= 0.3 is 0 Å². The third-order valence-electron chi connectivity index (χ3n) is 2.39. The average molecular weight is 232 g/mol. The summed E-state index contributed by atoms with van der Waals surface area (Å²) in [7, 11) is 0. The molecule has 0 amide bonds. The van der Waals surface area contributed by atoms with Crippen molar-refractivity contribution < 1.29 is 4.39 Å². The molecule has 1 heterocycles. The molecule has 88 valence electrons. The maximum atomic E-state index is 12.8. The Balaban J connectivity index is 2.46. The number of halogens is 1. The summed E-state index contributed by atoms with van der Waals surface area (Å²) >= 11 is 0. The lowest BCUT2D eigenvalue weighted by Crippen LogP contribution is -2.10. The summed E-state index contributed by atoms with van der Waals surface area (Å²) in [6.07, 6.45) is 0.783. The highest BCUT2D eigenvalue weighted by Crippen LogP contribution is 2.18. The van der Waals surface area contributed by atoms with Crippen LogP contribution in [0.2, 0.25) is 0 Å². The number of nitrogen functional groups attached to an aromatic ring is 1. The van der Waals surface area contributed by atoms with E-state index in [-0.39, 0.29) is 5.82 Å². The lowest BCUT2D eigenvalue weighted by molar-refractivity contribution is 0.628. The molecule has 0 saturated carbocycles. The van der Waals surface area contributed by atoms with Gasteiger partial charge in [-0.2, -0.15) is 0 Å². The number of rotatable bonds is 3. The number of anilines is 1. The minimum atomic E-state index is -0.280. The van der Waals surface area contributed by atoms with E-state index in [1.54, 1.807) is 18.2 Å². The van der Waals surface area contributed by atoms with E-state index in [0.717, 1.165) is 17.7 Å². The van der Waals surface area contributed by atoms with Crippen molar-refractivity contribution in [1.29, 1.82) is 0 Å². The number of nitrogens with zero attached hydrogens (tertiary/aromatic N) is 2. The number of hydrazine groups is 1. The van der Waals surface area contributed by atoms with Crippen molar-refractivity contribution in [2.45, 2.75) is 13.3 Å². The number of hydrogen-bond acceptors (Lipinski definition) is 4. The molecule has 3 N–H and O–H groups in total. The van der Waals surface area contributed by atoms with Crippen molar-refractivity contribution in [3.05, 3.63) is 41.8 Å². The fraction of sp³-hybridized carbons (Fsp3) is 0.167. The van der Waals surface area contributed by atoms with Gasteiger partial charge in [-0.15, -0.1) is 0 Å². The fourth-order valence-electron chi connectivity index (χ4n) is 1.48. The maximum absolute atomic E-state index is 12.8. The van der Waals surface area contributed by atoms with Crippen LogP contribution in [0, 0.1) is 5.82 Å². The number of aryl methyl sites for hydroxylation is 1. The van der Waals surface area contributed by atoms with Gasteiger partial charge in [0.2, 0.25) is 0 Å². The summed E-state index contributed by atoms with van der Waals surface area (Å²) in [4.78, 5) is 8.60. The zero-order valence-corrected chi connectivity index (χ0v) is 9.44. The van der Waals surface area contributed by atoms with E-state index in [1.165, 1.54) is 12.1 Å². The first-order valence-corrected chi connectivity index (χ1v) is 5.33. The van der Waals surface area contributed by atoms with Crippen LogP contribution in [-0.2, 0) is 6.42 Å². The van der Waals surface area contributed by atoms with Gasteiger partial charge in [-0.05, 0) is 30.7 Å². The Labute approximate surface area is 98.7 Å². The molecule has 0 aliphatic heterocycles. The molecule has 0 atom stereocenters. The predicted molar refractivity (Wildman–Crippen MR) is 64.6 cm³/mol. The van der Waals surface area contributed by atoms with Crippen molar-refractivity contribution in [2.24, 2.45) is 5.84 Å². The zero-order chi connectivity index (χ0) is 12.3. The van der Waals surface area contributed by atoms with Crippen LogP contribution in [0.15, 0.2) is 30.3 Å². The highest BCUT2D eigenvalue weighted by molar-refractivity contribution is 5.57. The molecule has 0 saturated heterocycles. The molecule has 0 fully saturated rings. The number of aromatic nitrogens is 2. The molecule has 5 heteroatoms. The molecular weight excluding hydrogens is 219 g/mol. The van der Waals surface area contributed by atoms with E-state index < -0.39 is 0 Å². The molecule has 0 unspecified atom stereocenters. The van der Waals surface area contributed by atoms with Crippen LogP contribution in [0.25, 0.3) is 11.4 Å². The van der Waals surface area contributed by atoms with Crippen LogP contribution < -0.4 is 11.3 Å². The van der Waals surface area contributed by atoms with E-state index in [1.807, 2.05) is 6.92 Å². The first-order chi connectivity index (χ1) is 8.22. The molecule has 1 aromatic heterocycles. The molecule has 1 aromatic carbocycles. The molecule has 0 spiro atoms. The van der Waals surface area contributed by atoms with Gasteiger partial charge in [0.15, 0.2) is 5.82 Å². The Hall–Kier alpha value is -2.01. The van der Waals surface area contributed by atoms with Gasteiger partial charge in [-0.25, -0.2) is 20.2 Å². The minimum absolute atomic E-state index is 0.280. The van der Waals surface area contributed by atoms with Gasteiger partial charge < -0.3 is 5.43 Å². The Morgan fingerprint density at radius 3 is 2.53 bits per heavy atom. The van der Waals surface area contributed by atoms with Crippen LogP contribution in [0.3, 0.4) is 0 Å². The summed E-state index contributed by atoms with van der Waals surface area (Å²) in [6, 6.07) is 7.83. The molecular formula is C12H13FN4. The average Bonchev–Trinajstić information content (AvgIpc) is 2.39. The van der Waals surface area contributed by atoms with E-state index in [2.05, 4.69) is 15.4 Å². The van der Waals surface area contributed by atoms with Crippen molar-refractivity contribution in [2.75, 3.05) is 5.43 Å². The molecule has 0 aliphatic carbocycles. The molecule has 2 rings (SSSR count). The Morgan fingerprint density at radius 2 is 1.94 bits per heavy atom. The minimum Gasteiger partial charge on any atom is -0.308 e. The lowest BCUT2D eigenvalue weighted by Gasteiger charge is -2.06. The largest absolute Gasteiger partial charge is 0.308 e. The van der Waals surface area contributed by atoms with Crippen molar-refractivity contribution >= 4 is 5.82 Å². The van der Waals surface area contributed by atoms with Crippen LogP contribution in [0.5, 0.6) is 0 Å². The van der Waals surface area contributed by atoms with Crippen molar-refractivity contribution in [3.63, 3.8) is 0 Å². The summed E-state index contributed by atoms with van der Waals surface area (Å²) in [5, 5.41) is 0. The van der Waals surface area contributed by atoms with Gasteiger partial charge in [0.1, 0.15) is 11.6 Å². The molecule has 17 heavy (non-hydrogen) atoms. The number of nitrogens with one attached hydrogen (secondary N) is 1. The third-order valence-corrected chi connectivity index (χ3v) is 2.39. The number of nitrogens with two attached hydrogens (primary N) is 1. The number of benzene rings is 1. The van der Waals surface area contributed by atoms with Crippen molar-refractivity contribution in [1.82, 2.24) is 9.97 Å². The molecule has 0 aliphatic rings.